The maximum absolute atomic E-state index is 5.18. The molecule has 2 N–H and O–H groups in total. The summed E-state index contributed by atoms with van der Waals surface area (Å²) in [5.41, 5.74) is 12.9. The Labute approximate surface area is 49.5 Å². The van der Waals surface area contributed by atoms with E-state index >= 15 is 0 Å². The number of rotatable bonds is 2. The molecule has 0 aromatic heterocycles. The first-order valence-electron chi connectivity index (χ1n) is 2.46. The lowest BCUT2D eigenvalue weighted by Gasteiger charge is -1.74. The summed E-state index contributed by atoms with van der Waals surface area (Å²) in [7, 11) is 0. The van der Waals surface area contributed by atoms with E-state index in [9.17, 15) is 0 Å². The van der Waals surface area contributed by atoms with Crippen LogP contribution < -0.4 is 5.73 Å². The highest BCUT2D eigenvalue weighted by atomic mass is 14.5. The summed E-state index contributed by atoms with van der Waals surface area (Å²) in [6, 6.07) is 0. The Bertz CT molecular complexity index is 151. The molecule has 8 heavy (non-hydrogen) atoms. The van der Waals surface area contributed by atoms with Gasteiger partial charge in [0, 0.05) is 0 Å². The molecule has 1 heteroatoms. The Kier molecular flexibility index (Phi) is 5.32. The van der Waals surface area contributed by atoms with E-state index in [-0.39, 0.29) is 0 Å². The van der Waals surface area contributed by atoms with Gasteiger partial charge in [0.2, 0.25) is 0 Å². The zero-order valence-electron chi connectivity index (χ0n) is 4.78. The van der Waals surface area contributed by atoms with Crippen molar-refractivity contribution in [1.29, 1.82) is 0 Å². The van der Waals surface area contributed by atoms with E-state index in [1.54, 1.807) is 6.08 Å². The highest BCUT2D eigenvalue weighted by Crippen LogP contribution is 1.71. The molecule has 0 saturated heterocycles. The van der Waals surface area contributed by atoms with Gasteiger partial charge in [-0.3, -0.25) is 0 Å². The predicted molar refractivity (Wildman–Crippen MR) is 34.4 cm³/mol. The Morgan fingerprint density at radius 2 is 2.38 bits per heavy atom. The molecule has 42 valence electrons. The molecule has 0 unspecified atom stereocenters. The van der Waals surface area contributed by atoms with Gasteiger partial charge in [0.05, 0.1) is 0 Å². The fourth-order valence-corrected chi connectivity index (χ4v) is 0.258. The van der Waals surface area contributed by atoms with Crippen LogP contribution in [0.4, 0.5) is 0 Å². The summed E-state index contributed by atoms with van der Waals surface area (Å²) in [4.78, 5) is 0. The first-order chi connectivity index (χ1) is 3.91. The van der Waals surface area contributed by atoms with Crippen LogP contribution in [0, 0.1) is 0 Å². The number of hydrogen-bond acceptors (Lipinski definition) is 1. The van der Waals surface area contributed by atoms with Crippen molar-refractivity contribution in [3.63, 3.8) is 0 Å². The van der Waals surface area contributed by atoms with Gasteiger partial charge < -0.3 is 5.73 Å². The minimum atomic E-state index is 0.659. The van der Waals surface area contributed by atoms with Crippen molar-refractivity contribution in [1.82, 2.24) is 0 Å². The smallest absolute Gasteiger partial charge is 0.00363 e. The second-order valence-corrected chi connectivity index (χ2v) is 1.23. The summed E-state index contributed by atoms with van der Waals surface area (Å²) in [5.74, 6) is 0. The molecule has 1 nitrogen and oxygen atoms in total. The third-order valence-electron chi connectivity index (χ3n) is 0.574. The van der Waals surface area contributed by atoms with E-state index in [4.69, 9.17) is 5.73 Å². The predicted octanol–water partition coefficient (Wildman–Crippen LogP) is 0.986. The molecule has 0 saturated carbocycles. The second kappa shape index (κ2) is 6.04. The van der Waals surface area contributed by atoms with Crippen molar-refractivity contribution >= 4 is 0 Å². The molecular weight excluding hydrogens is 98.1 g/mol. The van der Waals surface area contributed by atoms with Crippen LogP contribution >= 0.6 is 0 Å². The van der Waals surface area contributed by atoms with Crippen molar-refractivity contribution in [2.24, 2.45) is 5.73 Å². The van der Waals surface area contributed by atoms with Crippen molar-refractivity contribution in [3.05, 3.63) is 29.8 Å². The Morgan fingerprint density at radius 3 is 2.88 bits per heavy atom. The van der Waals surface area contributed by atoms with Crippen LogP contribution in [0.25, 0.3) is 0 Å². The Balaban J connectivity index is 3.65. The molecule has 0 aliphatic heterocycles. The van der Waals surface area contributed by atoms with E-state index in [2.05, 4.69) is 23.8 Å². The molecule has 0 atom stereocenters. The molecule has 0 bridgehead atoms. The highest BCUT2D eigenvalue weighted by molar-refractivity contribution is 4.83. The molecule has 0 aromatic carbocycles. The first-order valence-corrected chi connectivity index (χ1v) is 2.46. The number of nitrogens with two attached hydrogens (primary N) is 1. The topological polar surface area (TPSA) is 26.0 Å². The fourth-order valence-electron chi connectivity index (χ4n) is 0.258. The molecule has 0 aliphatic carbocycles. The average molecular weight is 107 g/mol. The third-order valence-corrected chi connectivity index (χ3v) is 0.574. The summed E-state index contributed by atoms with van der Waals surface area (Å²) in [6.07, 6.45) is 2.65. The molecule has 0 fully saturated rings. The van der Waals surface area contributed by atoms with Crippen molar-refractivity contribution < 1.29 is 0 Å². The van der Waals surface area contributed by atoms with E-state index in [0.717, 1.165) is 6.42 Å². The molecular formula is C7H9N. The highest BCUT2D eigenvalue weighted by Gasteiger charge is 1.64. The van der Waals surface area contributed by atoms with Gasteiger partial charge in [0.15, 0.2) is 0 Å². The minimum Gasteiger partial charge on any atom is -0.330 e. The van der Waals surface area contributed by atoms with Gasteiger partial charge in [-0.15, -0.1) is 0 Å². The van der Waals surface area contributed by atoms with Crippen molar-refractivity contribution in [2.75, 3.05) is 6.54 Å². The molecule has 0 amide bonds. The molecule has 0 rings (SSSR count). The molecule has 0 spiro atoms. The van der Waals surface area contributed by atoms with Crippen LogP contribution in [0.5, 0.6) is 0 Å². The lowest BCUT2D eigenvalue weighted by molar-refractivity contribution is 1.01. The maximum atomic E-state index is 5.18. The standard InChI is InChI=1S/C7H9N/c1-2-3-4-5-6-7-8/h5H,1,6-8H2. The number of hydrogen-bond donors (Lipinski definition) is 1. The zero-order chi connectivity index (χ0) is 6.24. The summed E-state index contributed by atoms with van der Waals surface area (Å²) in [5, 5.41) is 0. The Morgan fingerprint density at radius 1 is 1.62 bits per heavy atom. The van der Waals surface area contributed by atoms with Gasteiger partial charge in [-0.2, -0.15) is 0 Å². The van der Waals surface area contributed by atoms with Gasteiger partial charge in [-0.05, 0) is 31.4 Å². The summed E-state index contributed by atoms with van der Waals surface area (Å²) >= 11 is 0. The van der Waals surface area contributed by atoms with Crippen LogP contribution in [0.1, 0.15) is 6.42 Å². The van der Waals surface area contributed by atoms with Crippen LogP contribution in [-0.4, -0.2) is 6.54 Å². The van der Waals surface area contributed by atoms with Gasteiger partial charge in [-0.25, -0.2) is 0 Å². The van der Waals surface area contributed by atoms with Gasteiger partial charge in [0.1, 0.15) is 0 Å². The van der Waals surface area contributed by atoms with E-state index in [1.165, 1.54) is 0 Å². The van der Waals surface area contributed by atoms with Gasteiger partial charge in [0.25, 0.3) is 0 Å². The second-order valence-electron chi connectivity index (χ2n) is 1.23. The third kappa shape index (κ3) is 5.04. The van der Waals surface area contributed by atoms with E-state index < -0.39 is 0 Å². The van der Waals surface area contributed by atoms with Crippen LogP contribution in [0.15, 0.2) is 29.8 Å². The average Bonchev–Trinajstić information content (AvgIpc) is 1.81. The first kappa shape index (κ1) is 7.04. The normalized spacial score (nSPS) is 6.12. The fraction of sp³-hybridized carbons (Fsp3) is 0.286. The summed E-state index contributed by atoms with van der Waals surface area (Å²) < 4.78 is 0. The lowest BCUT2D eigenvalue weighted by atomic mass is 10.4. The largest absolute Gasteiger partial charge is 0.330 e. The van der Waals surface area contributed by atoms with Gasteiger partial charge >= 0.3 is 0 Å². The minimum absolute atomic E-state index is 0.659. The quantitative estimate of drug-likeness (QED) is 0.523. The SMILES string of the molecule is C=C=C=C=CCCN. The van der Waals surface area contributed by atoms with Crippen LogP contribution in [0.2, 0.25) is 0 Å². The van der Waals surface area contributed by atoms with Crippen molar-refractivity contribution in [2.45, 2.75) is 6.42 Å². The van der Waals surface area contributed by atoms with E-state index in [0.29, 0.717) is 6.54 Å². The monoisotopic (exact) mass is 107 g/mol. The van der Waals surface area contributed by atoms with Crippen LogP contribution in [-0.2, 0) is 0 Å². The van der Waals surface area contributed by atoms with Crippen molar-refractivity contribution in [3.8, 4) is 0 Å². The summed E-state index contributed by atoms with van der Waals surface area (Å²) in [6.45, 7) is 3.97. The molecule has 0 heterocycles. The molecule has 0 radical (unpaired) electrons. The zero-order valence-corrected chi connectivity index (χ0v) is 4.78. The van der Waals surface area contributed by atoms with Crippen LogP contribution in [0.3, 0.4) is 0 Å². The van der Waals surface area contributed by atoms with E-state index in [1.807, 2.05) is 0 Å². The lowest BCUT2D eigenvalue weighted by Crippen LogP contribution is -1.94. The maximum Gasteiger partial charge on any atom is -0.00363 e. The molecule has 0 aromatic rings. The van der Waals surface area contributed by atoms with Gasteiger partial charge in [-0.1, -0.05) is 11.5 Å². The Hall–Kier alpha value is -0.960. The molecule has 0 aliphatic rings.